The smallest absolute Gasteiger partial charge is 0.332 e. The first-order valence-corrected chi connectivity index (χ1v) is 11.7. The van der Waals surface area contributed by atoms with Gasteiger partial charge in [-0.2, -0.15) is 0 Å². The Morgan fingerprint density at radius 2 is 1.39 bits per heavy atom. The summed E-state index contributed by atoms with van der Waals surface area (Å²) in [6, 6.07) is 20.0. The summed E-state index contributed by atoms with van der Waals surface area (Å²) in [5.74, 6) is 0.502. The first-order chi connectivity index (χ1) is 17.4. The second kappa shape index (κ2) is 10.9. The first-order valence-electron chi connectivity index (χ1n) is 11.7. The lowest BCUT2D eigenvalue weighted by atomic mass is 10.1. The molecule has 8 nitrogen and oxygen atoms in total. The van der Waals surface area contributed by atoms with Gasteiger partial charge in [-0.25, -0.2) is 9.69 Å². The maximum absolute atomic E-state index is 13.5. The third-order valence-corrected chi connectivity index (χ3v) is 6.19. The van der Waals surface area contributed by atoms with Crippen molar-refractivity contribution in [1.29, 1.82) is 0 Å². The number of imide groups is 1. The highest BCUT2D eigenvalue weighted by Crippen LogP contribution is 2.30. The van der Waals surface area contributed by atoms with Gasteiger partial charge < -0.3 is 19.7 Å². The predicted octanol–water partition coefficient (Wildman–Crippen LogP) is 4.63. The van der Waals surface area contributed by atoms with Crippen LogP contribution in [-0.4, -0.2) is 43.0 Å². The minimum absolute atomic E-state index is 0.164. The van der Waals surface area contributed by atoms with Crippen LogP contribution in [0.4, 0.5) is 16.2 Å². The fraction of sp³-hybridized carbons (Fsp3) is 0.250. The molecule has 0 saturated carbocycles. The Balaban J connectivity index is 1.58. The molecule has 1 atom stereocenters. The number of nitrogens with one attached hydrogen (secondary N) is 1. The maximum atomic E-state index is 13.5. The van der Waals surface area contributed by atoms with Gasteiger partial charge in [0.1, 0.15) is 17.5 Å². The number of carbonyl (C=O) groups excluding carboxylic acids is 3. The molecule has 3 aromatic carbocycles. The van der Waals surface area contributed by atoms with E-state index in [0.29, 0.717) is 22.9 Å². The molecule has 1 aliphatic heterocycles. The molecule has 4 rings (SSSR count). The van der Waals surface area contributed by atoms with E-state index < -0.39 is 18.0 Å². The molecule has 1 saturated heterocycles. The molecule has 4 amide bonds. The molecule has 36 heavy (non-hydrogen) atoms. The number of urea groups is 1. The summed E-state index contributed by atoms with van der Waals surface area (Å²) in [6.07, 6.45) is 0.733. The Kier molecular flexibility index (Phi) is 7.53. The van der Waals surface area contributed by atoms with Gasteiger partial charge in [0.2, 0.25) is 5.91 Å². The van der Waals surface area contributed by atoms with Gasteiger partial charge in [0, 0.05) is 12.2 Å². The van der Waals surface area contributed by atoms with Crippen molar-refractivity contribution in [3.63, 3.8) is 0 Å². The van der Waals surface area contributed by atoms with Crippen LogP contribution in [0.15, 0.2) is 72.8 Å². The number of nitrogens with zero attached hydrogens (tertiary/aromatic N) is 2. The second-order valence-electron chi connectivity index (χ2n) is 8.45. The van der Waals surface area contributed by atoms with Gasteiger partial charge >= 0.3 is 6.03 Å². The summed E-state index contributed by atoms with van der Waals surface area (Å²) >= 11 is 0. The minimum atomic E-state index is -0.948. The van der Waals surface area contributed by atoms with Gasteiger partial charge in [0.05, 0.1) is 26.3 Å². The largest absolute Gasteiger partial charge is 0.497 e. The summed E-state index contributed by atoms with van der Waals surface area (Å²) in [7, 11) is 3.12. The molecule has 186 valence electrons. The minimum Gasteiger partial charge on any atom is -0.497 e. The number of anilines is 2. The van der Waals surface area contributed by atoms with Crippen molar-refractivity contribution >= 4 is 29.2 Å². The number of methoxy groups -OCH3 is 2. The van der Waals surface area contributed by atoms with E-state index in [4.69, 9.17) is 9.47 Å². The van der Waals surface area contributed by atoms with Gasteiger partial charge in [0.15, 0.2) is 0 Å². The van der Waals surface area contributed by atoms with E-state index >= 15 is 0 Å². The second-order valence-corrected chi connectivity index (χ2v) is 8.45. The highest BCUT2D eigenvalue weighted by Gasteiger charge is 2.46. The summed E-state index contributed by atoms with van der Waals surface area (Å²) in [6.45, 7) is 2.23. The quantitative estimate of drug-likeness (QED) is 0.445. The zero-order chi connectivity index (χ0) is 25.7. The first kappa shape index (κ1) is 24.8. The highest BCUT2D eigenvalue weighted by molar-refractivity contribution is 6.22. The van der Waals surface area contributed by atoms with Crippen LogP contribution in [0.25, 0.3) is 0 Å². The third-order valence-electron chi connectivity index (χ3n) is 6.19. The number of hydrogen-bond acceptors (Lipinski definition) is 5. The molecule has 0 aliphatic carbocycles. The van der Waals surface area contributed by atoms with Gasteiger partial charge in [-0.3, -0.25) is 9.59 Å². The van der Waals surface area contributed by atoms with E-state index in [-0.39, 0.29) is 18.9 Å². The van der Waals surface area contributed by atoms with E-state index in [1.165, 1.54) is 4.90 Å². The fourth-order valence-corrected chi connectivity index (χ4v) is 4.12. The molecule has 1 aliphatic rings. The lowest BCUT2D eigenvalue weighted by molar-refractivity contribution is -0.124. The van der Waals surface area contributed by atoms with E-state index in [9.17, 15) is 14.4 Å². The average Bonchev–Trinajstić information content (AvgIpc) is 3.13. The molecule has 0 spiro atoms. The zero-order valence-electron chi connectivity index (χ0n) is 20.6. The summed E-state index contributed by atoms with van der Waals surface area (Å²) < 4.78 is 10.4. The van der Waals surface area contributed by atoms with Crippen LogP contribution in [0, 0.1) is 0 Å². The van der Waals surface area contributed by atoms with E-state index in [1.807, 2.05) is 36.4 Å². The van der Waals surface area contributed by atoms with Crippen LogP contribution in [0.2, 0.25) is 0 Å². The molecular weight excluding hydrogens is 458 g/mol. The highest BCUT2D eigenvalue weighted by atomic mass is 16.5. The van der Waals surface area contributed by atoms with Gasteiger partial charge in [0.25, 0.3) is 5.91 Å². The normalized spacial score (nSPS) is 15.2. The van der Waals surface area contributed by atoms with Gasteiger partial charge in [-0.15, -0.1) is 0 Å². The summed E-state index contributed by atoms with van der Waals surface area (Å²) in [4.78, 5) is 42.4. The number of amides is 4. The van der Waals surface area contributed by atoms with Crippen LogP contribution in [0.3, 0.4) is 0 Å². The molecule has 3 aromatic rings. The molecule has 8 heteroatoms. The van der Waals surface area contributed by atoms with E-state index in [1.54, 1.807) is 50.6 Å². The Hall–Kier alpha value is -4.33. The Morgan fingerprint density at radius 3 is 1.94 bits per heavy atom. The number of hydrogen-bond donors (Lipinski definition) is 1. The zero-order valence-corrected chi connectivity index (χ0v) is 20.6. The number of rotatable bonds is 9. The van der Waals surface area contributed by atoms with Crippen molar-refractivity contribution in [3.05, 3.63) is 83.9 Å². The monoisotopic (exact) mass is 487 g/mol. The average molecular weight is 488 g/mol. The fourth-order valence-electron chi connectivity index (χ4n) is 4.12. The third kappa shape index (κ3) is 5.33. The van der Waals surface area contributed by atoms with Crippen molar-refractivity contribution in [1.82, 2.24) is 4.90 Å². The number of benzene rings is 3. The van der Waals surface area contributed by atoms with E-state index in [0.717, 1.165) is 22.4 Å². The van der Waals surface area contributed by atoms with Crippen LogP contribution in [0.1, 0.15) is 24.5 Å². The Morgan fingerprint density at radius 1 is 0.833 bits per heavy atom. The Bertz CT molecular complexity index is 1220. The van der Waals surface area contributed by atoms with Crippen molar-refractivity contribution in [2.45, 2.75) is 32.4 Å². The molecule has 1 N–H and O–H groups in total. The predicted molar refractivity (Wildman–Crippen MR) is 137 cm³/mol. The molecule has 0 unspecified atom stereocenters. The van der Waals surface area contributed by atoms with Crippen LogP contribution in [0.5, 0.6) is 11.5 Å². The molecule has 0 bridgehead atoms. The van der Waals surface area contributed by atoms with Gasteiger partial charge in [-0.1, -0.05) is 31.2 Å². The van der Waals surface area contributed by atoms with Crippen LogP contribution >= 0.6 is 0 Å². The maximum Gasteiger partial charge on any atom is 0.332 e. The van der Waals surface area contributed by atoms with Crippen molar-refractivity contribution in [2.75, 3.05) is 24.4 Å². The standard InChI is InChI=1S/C28H29N3O5/c1-4-19-5-9-21(10-6-19)29-26(32)17-25-27(33)31(22-11-15-24(36-3)16-12-22)28(34)30(25)18-20-7-13-23(35-2)14-8-20/h5-16,25H,4,17-18H2,1-3H3,(H,29,32)/t25-/m0/s1. The lowest BCUT2D eigenvalue weighted by Crippen LogP contribution is -2.37. The van der Waals surface area contributed by atoms with Crippen LogP contribution < -0.4 is 19.7 Å². The van der Waals surface area contributed by atoms with Crippen molar-refractivity contribution in [3.8, 4) is 11.5 Å². The number of carbonyl (C=O) groups is 3. The van der Waals surface area contributed by atoms with E-state index in [2.05, 4.69) is 12.2 Å². The Labute approximate surface area is 210 Å². The molecule has 1 heterocycles. The van der Waals surface area contributed by atoms with Gasteiger partial charge in [-0.05, 0) is 66.1 Å². The summed E-state index contributed by atoms with van der Waals surface area (Å²) in [5.41, 5.74) is 3.03. The molecule has 0 aromatic heterocycles. The number of aryl methyl sites for hydroxylation is 1. The summed E-state index contributed by atoms with van der Waals surface area (Å²) in [5, 5.41) is 2.84. The number of ether oxygens (including phenoxy) is 2. The molecule has 1 fully saturated rings. The topological polar surface area (TPSA) is 88.2 Å². The van der Waals surface area contributed by atoms with Crippen molar-refractivity contribution < 1.29 is 23.9 Å². The SMILES string of the molecule is CCc1ccc(NC(=O)C[C@H]2C(=O)N(c3ccc(OC)cc3)C(=O)N2Cc2ccc(OC)cc2)cc1. The lowest BCUT2D eigenvalue weighted by Gasteiger charge is -2.22. The molecule has 0 radical (unpaired) electrons. The van der Waals surface area contributed by atoms with Crippen molar-refractivity contribution in [2.24, 2.45) is 0 Å². The molecular formula is C28H29N3O5. The van der Waals surface area contributed by atoms with Crippen LogP contribution in [-0.2, 0) is 22.6 Å².